The lowest BCUT2D eigenvalue weighted by Crippen LogP contribution is -2.42. The summed E-state index contributed by atoms with van der Waals surface area (Å²) in [7, 11) is 0. The third-order valence-electron chi connectivity index (χ3n) is 4.80. The van der Waals surface area contributed by atoms with Gasteiger partial charge in [0, 0.05) is 13.1 Å². The second-order valence-corrected chi connectivity index (χ2v) is 7.28. The van der Waals surface area contributed by atoms with Crippen molar-refractivity contribution in [2.75, 3.05) is 13.1 Å². The molecule has 1 aromatic heterocycles. The average Bonchev–Trinajstić information content (AvgIpc) is 3.11. The van der Waals surface area contributed by atoms with Gasteiger partial charge in [0.2, 0.25) is 0 Å². The van der Waals surface area contributed by atoms with E-state index in [-0.39, 0.29) is 10.8 Å². The van der Waals surface area contributed by atoms with Crippen LogP contribution in [0.3, 0.4) is 0 Å². The maximum atomic E-state index is 12.7. The van der Waals surface area contributed by atoms with E-state index in [4.69, 9.17) is 5.11 Å². The number of nitrogens with zero attached hydrogens (tertiary/aromatic N) is 1. The average molecular weight is 343 g/mol. The first-order valence-corrected chi connectivity index (χ1v) is 9.09. The zero-order chi connectivity index (χ0) is 17.1. The summed E-state index contributed by atoms with van der Waals surface area (Å²) in [6, 6.07) is 13.6. The molecule has 2 atom stereocenters. The van der Waals surface area contributed by atoms with Crippen LogP contribution in [0.15, 0.2) is 42.5 Å². The minimum atomic E-state index is -0.978. The van der Waals surface area contributed by atoms with E-state index in [9.17, 15) is 9.59 Å². The second kappa shape index (κ2) is 7.18. The maximum Gasteiger partial charge on any atom is 0.345 e. The molecule has 1 aliphatic rings. The molecule has 0 aliphatic carbocycles. The number of carbonyl (C=O) groups excluding carboxylic acids is 1. The molecule has 3 rings (SSSR count). The molecule has 4 nitrogen and oxygen atoms in total. The fourth-order valence-corrected chi connectivity index (χ4v) is 4.31. The number of hydrogen-bond acceptors (Lipinski definition) is 3. The summed E-state index contributed by atoms with van der Waals surface area (Å²) in [5.41, 5.74) is 1.35. The van der Waals surface area contributed by atoms with Gasteiger partial charge in [-0.15, -0.1) is 11.3 Å². The van der Waals surface area contributed by atoms with Gasteiger partial charge in [-0.25, -0.2) is 4.79 Å². The third kappa shape index (κ3) is 3.36. The Balaban J connectivity index is 1.73. The molecule has 0 saturated carbocycles. The number of carbonyl (C=O) groups is 2. The van der Waals surface area contributed by atoms with Gasteiger partial charge in [0.15, 0.2) is 0 Å². The predicted octanol–water partition coefficient (Wildman–Crippen LogP) is 4.10. The number of hydrogen-bond donors (Lipinski definition) is 1. The van der Waals surface area contributed by atoms with Crippen molar-refractivity contribution in [2.24, 2.45) is 5.92 Å². The Morgan fingerprint density at radius 2 is 1.88 bits per heavy atom. The lowest BCUT2D eigenvalue weighted by Gasteiger charge is -2.38. The van der Waals surface area contributed by atoms with Gasteiger partial charge in [-0.1, -0.05) is 43.7 Å². The molecule has 2 aromatic rings. The fraction of sp³-hybridized carbons (Fsp3) is 0.368. The maximum absolute atomic E-state index is 12.7. The van der Waals surface area contributed by atoms with E-state index in [2.05, 4.69) is 31.2 Å². The van der Waals surface area contributed by atoms with Crippen LogP contribution in [0.1, 0.15) is 50.6 Å². The number of benzene rings is 1. The zero-order valence-electron chi connectivity index (χ0n) is 13.6. The van der Waals surface area contributed by atoms with Crippen LogP contribution in [0.2, 0.25) is 0 Å². The molecule has 1 aromatic carbocycles. The molecule has 126 valence electrons. The molecule has 24 heavy (non-hydrogen) atoms. The summed E-state index contributed by atoms with van der Waals surface area (Å²) in [6.07, 6.45) is 1.97. The minimum absolute atomic E-state index is 0.0440. The first kappa shape index (κ1) is 16.7. The molecule has 1 saturated heterocycles. The van der Waals surface area contributed by atoms with Crippen LogP contribution in [-0.4, -0.2) is 35.0 Å². The second-order valence-electron chi connectivity index (χ2n) is 6.19. The van der Waals surface area contributed by atoms with Crippen molar-refractivity contribution in [1.29, 1.82) is 0 Å². The number of amides is 1. The molecule has 5 heteroatoms. The number of thiophene rings is 1. The Morgan fingerprint density at radius 3 is 2.50 bits per heavy atom. The number of aromatic carboxylic acids is 1. The standard InChI is InChI=1S/C19H21NO3S/c1-2-13-12-20(11-10-15(13)14-6-4-3-5-7-14)18(21)16-8-9-17(24-16)19(22)23/h3-9,13,15H,2,10-12H2,1H3,(H,22,23). The summed E-state index contributed by atoms with van der Waals surface area (Å²) >= 11 is 1.06. The Hall–Kier alpha value is -2.14. The van der Waals surface area contributed by atoms with Gasteiger partial charge < -0.3 is 10.0 Å². The van der Waals surface area contributed by atoms with E-state index >= 15 is 0 Å². The van der Waals surface area contributed by atoms with Crippen LogP contribution in [0.25, 0.3) is 0 Å². The first-order valence-electron chi connectivity index (χ1n) is 8.27. The Morgan fingerprint density at radius 1 is 1.17 bits per heavy atom. The van der Waals surface area contributed by atoms with E-state index in [0.29, 0.717) is 16.7 Å². The lowest BCUT2D eigenvalue weighted by atomic mass is 9.79. The van der Waals surface area contributed by atoms with Crippen LogP contribution < -0.4 is 0 Å². The van der Waals surface area contributed by atoms with Crippen LogP contribution in [0.5, 0.6) is 0 Å². The topological polar surface area (TPSA) is 57.6 Å². The van der Waals surface area contributed by atoms with E-state index < -0.39 is 5.97 Å². The van der Waals surface area contributed by atoms with Crippen molar-refractivity contribution in [2.45, 2.75) is 25.7 Å². The van der Waals surface area contributed by atoms with E-state index in [1.165, 1.54) is 11.6 Å². The van der Waals surface area contributed by atoms with E-state index in [1.54, 1.807) is 6.07 Å². The van der Waals surface area contributed by atoms with Gasteiger partial charge in [0.05, 0.1) is 4.88 Å². The summed E-state index contributed by atoms with van der Waals surface area (Å²) in [6.45, 7) is 3.62. The third-order valence-corrected chi connectivity index (χ3v) is 5.86. The van der Waals surface area contributed by atoms with Crippen molar-refractivity contribution >= 4 is 23.2 Å². The highest BCUT2D eigenvalue weighted by Gasteiger charge is 2.32. The molecule has 0 radical (unpaired) electrons. The van der Waals surface area contributed by atoms with Crippen LogP contribution >= 0.6 is 11.3 Å². The van der Waals surface area contributed by atoms with Crippen molar-refractivity contribution < 1.29 is 14.7 Å². The van der Waals surface area contributed by atoms with Crippen molar-refractivity contribution in [3.05, 3.63) is 57.8 Å². The molecule has 0 spiro atoms. The number of rotatable bonds is 4. The molecule has 1 N–H and O–H groups in total. The smallest absolute Gasteiger partial charge is 0.345 e. The highest BCUT2D eigenvalue weighted by molar-refractivity contribution is 7.15. The molecule has 1 fully saturated rings. The Bertz CT molecular complexity index is 725. The summed E-state index contributed by atoms with van der Waals surface area (Å²) in [4.78, 5) is 26.3. The normalized spacial score (nSPS) is 20.8. The monoisotopic (exact) mass is 343 g/mol. The summed E-state index contributed by atoms with van der Waals surface area (Å²) in [5.74, 6) is -0.104. The first-order chi connectivity index (χ1) is 11.6. The van der Waals surface area contributed by atoms with Gasteiger partial charge in [-0.05, 0) is 36.0 Å². The highest BCUT2D eigenvalue weighted by Crippen LogP contribution is 2.35. The Kier molecular flexibility index (Phi) is 5.00. The molecule has 0 bridgehead atoms. The molecule has 1 amide bonds. The lowest BCUT2D eigenvalue weighted by molar-refractivity contribution is 0.0649. The number of piperidine rings is 1. The van der Waals surface area contributed by atoms with Gasteiger partial charge in [0.1, 0.15) is 4.88 Å². The molecule has 1 aliphatic heterocycles. The van der Waals surface area contributed by atoms with E-state index in [0.717, 1.165) is 37.3 Å². The highest BCUT2D eigenvalue weighted by atomic mass is 32.1. The van der Waals surface area contributed by atoms with Gasteiger partial charge in [-0.3, -0.25) is 4.79 Å². The van der Waals surface area contributed by atoms with E-state index in [1.807, 2.05) is 11.0 Å². The quantitative estimate of drug-likeness (QED) is 0.909. The summed E-state index contributed by atoms with van der Waals surface area (Å²) in [5, 5.41) is 9.02. The summed E-state index contributed by atoms with van der Waals surface area (Å²) < 4.78 is 0. The van der Waals surface area contributed by atoms with Crippen LogP contribution in [-0.2, 0) is 0 Å². The fourth-order valence-electron chi connectivity index (χ4n) is 3.49. The van der Waals surface area contributed by atoms with Gasteiger partial charge in [-0.2, -0.15) is 0 Å². The molecular weight excluding hydrogens is 322 g/mol. The van der Waals surface area contributed by atoms with Crippen molar-refractivity contribution in [3.8, 4) is 0 Å². The van der Waals surface area contributed by atoms with Gasteiger partial charge in [0.25, 0.3) is 5.91 Å². The minimum Gasteiger partial charge on any atom is -0.477 e. The van der Waals surface area contributed by atoms with Crippen LogP contribution in [0, 0.1) is 5.92 Å². The van der Waals surface area contributed by atoms with Crippen molar-refractivity contribution in [3.63, 3.8) is 0 Å². The molecular formula is C19H21NO3S. The predicted molar refractivity (Wildman–Crippen MR) is 94.8 cm³/mol. The SMILES string of the molecule is CCC1CN(C(=O)c2ccc(C(=O)O)s2)CCC1c1ccccc1. The largest absolute Gasteiger partial charge is 0.477 e. The zero-order valence-corrected chi connectivity index (χ0v) is 14.5. The number of carboxylic acids is 1. The van der Waals surface area contributed by atoms with Crippen LogP contribution in [0.4, 0.5) is 0 Å². The number of likely N-dealkylation sites (tertiary alicyclic amines) is 1. The Labute approximate surface area is 145 Å². The number of carboxylic acid groups (broad SMARTS) is 1. The molecule has 2 unspecified atom stereocenters. The molecule has 2 heterocycles. The van der Waals surface area contributed by atoms with Gasteiger partial charge >= 0.3 is 5.97 Å². The van der Waals surface area contributed by atoms with Crippen molar-refractivity contribution in [1.82, 2.24) is 4.90 Å².